The highest BCUT2D eigenvalue weighted by Crippen LogP contribution is 2.22. The molecule has 1 amide bonds. The number of non-ortho nitro benzene ring substituents is 1. The molecule has 0 atom stereocenters. The second-order valence-electron chi connectivity index (χ2n) is 4.86. The number of rotatable bonds is 8. The smallest absolute Gasteiger partial charge is 0.270 e. The number of amides is 1. The number of anilines is 1. The van der Waals surface area contributed by atoms with Crippen LogP contribution in [0.1, 0.15) is 29.6 Å². The fraction of sp³-hybridized carbons (Fsp3) is 0.462. The van der Waals surface area contributed by atoms with Crippen molar-refractivity contribution in [2.75, 3.05) is 18.4 Å². The van der Waals surface area contributed by atoms with Gasteiger partial charge in [0, 0.05) is 30.4 Å². The van der Waals surface area contributed by atoms with Crippen molar-refractivity contribution in [3.8, 4) is 0 Å². The SMILES string of the molecule is NC(=O)c1cc([N+](=O)[O-])ccc1NCCCNC1CC1. The highest BCUT2D eigenvalue weighted by atomic mass is 16.6. The summed E-state index contributed by atoms with van der Waals surface area (Å²) in [5.74, 6) is -0.674. The second kappa shape index (κ2) is 6.33. The third-order valence-electron chi connectivity index (χ3n) is 3.16. The number of carbonyl (C=O) groups excluding carboxylic acids is 1. The molecule has 1 aliphatic rings. The molecule has 7 nitrogen and oxygen atoms in total. The molecule has 0 aromatic heterocycles. The molecular formula is C13H18N4O3. The fourth-order valence-corrected chi connectivity index (χ4v) is 1.91. The summed E-state index contributed by atoms with van der Waals surface area (Å²) in [7, 11) is 0. The summed E-state index contributed by atoms with van der Waals surface area (Å²) < 4.78 is 0. The van der Waals surface area contributed by atoms with Gasteiger partial charge < -0.3 is 16.4 Å². The number of nitro groups is 1. The van der Waals surface area contributed by atoms with Gasteiger partial charge in [-0.2, -0.15) is 0 Å². The molecule has 0 aliphatic heterocycles. The zero-order chi connectivity index (χ0) is 14.5. The molecule has 0 unspecified atom stereocenters. The molecule has 20 heavy (non-hydrogen) atoms. The first-order valence-corrected chi connectivity index (χ1v) is 6.63. The summed E-state index contributed by atoms with van der Waals surface area (Å²) in [6.07, 6.45) is 3.41. The number of nitrogens with zero attached hydrogens (tertiary/aromatic N) is 1. The van der Waals surface area contributed by atoms with Gasteiger partial charge in [0.15, 0.2) is 0 Å². The van der Waals surface area contributed by atoms with Crippen LogP contribution in [0.3, 0.4) is 0 Å². The molecular weight excluding hydrogens is 260 g/mol. The van der Waals surface area contributed by atoms with E-state index in [1.165, 1.54) is 31.0 Å². The zero-order valence-electron chi connectivity index (χ0n) is 11.1. The number of primary amides is 1. The van der Waals surface area contributed by atoms with E-state index in [-0.39, 0.29) is 11.3 Å². The van der Waals surface area contributed by atoms with Crippen LogP contribution in [-0.2, 0) is 0 Å². The Morgan fingerprint density at radius 2 is 2.15 bits per heavy atom. The average molecular weight is 278 g/mol. The molecule has 4 N–H and O–H groups in total. The maximum absolute atomic E-state index is 11.3. The summed E-state index contributed by atoms with van der Waals surface area (Å²) in [6, 6.07) is 4.76. The van der Waals surface area contributed by atoms with Crippen molar-refractivity contribution in [3.05, 3.63) is 33.9 Å². The van der Waals surface area contributed by atoms with Crippen molar-refractivity contribution in [1.29, 1.82) is 0 Å². The number of hydrogen-bond donors (Lipinski definition) is 3. The molecule has 0 bridgehead atoms. The molecule has 1 fully saturated rings. The fourth-order valence-electron chi connectivity index (χ4n) is 1.91. The van der Waals surface area contributed by atoms with Crippen LogP contribution in [0.15, 0.2) is 18.2 Å². The van der Waals surface area contributed by atoms with E-state index in [0.717, 1.165) is 13.0 Å². The number of nitro benzene ring substituents is 1. The second-order valence-corrected chi connectivity index (χ2v) is 4.86. The summed E-state index contributed by atoms with van der Waals surface area (Å²) in [5, 5.41) is 17.2. The lowest BCUT2D eigenvalue weighted by Crippen LogP contribution is -2.21. The lowest BCUT2D eigenvalue weighted by molar-refractivity contribution is -0.384. The molecule has 1 aromatic rings. The Morgan fingerprint density at radius 3 is 2.75 bits per heavy atom. The monoisotopic (exact) mass is 278 g/mol. The van der Waals surface area contributed by atoms with Crippen molar-refractivity contribution in [3.63, 3.8) is 0 Å². The van der Waals surface area contributed by atoms with Crippen molar-refractivity contribution >= 4 is 17.3 Å². The largest absolute Gasteiger partial charge is 0.384 e. The molecule has 2 rings (SSSR count). The molecule has 0 saturated heterocycles. The molecule has 108 valence electrons. The molecule has 1 aromatic carbocycles. The van der Waals surface area contributed by atoms with Crippen LogP contribution in [0.5, 0.6) is 0 Å². The van der Waals surface area contributed by atoms with Gasteiger partial charge in [0.1, 0.15) is 0 Å². The molecule has 1 saturated carbocycles. The lowest BCUT2D eigenvalue weighted by atomic mass is 10.1. The molecule has 1 aliphatic carbocycles. The Hall–Kier alpha value is -2.15. The van der Waals surface area contributed by atoms with E-state index >= 15 is 0 Å². The zero-order valence-corrected chi connectivity index (χ0v) is 11.1. The lowest BCUT2D eigenvalue weighted by Gasteiger charge is -2.10. The molecule has 0 spiro atoms. The van der Waals surface area contributed by atoms with Gasteiger partial charge >= 0.3 is 0 Å². The minimum atomic E-state index is -0.674. The first-order chi connectivity index (χ1) is 9.58. The normalized spacial score (nSPS) is 14.0. The van der Waals surface area contributed by atoms with E-state index in [2.05, 4.69) is 10.6 Å². The molecule has 0 radical (unpaired) electrons. The summed E-state index contributed by atoms with van der Waals surface area (Å²) in [5.41, 5.74) is 5.79. The van der Waals surface area contributed by atoms with Crippen molar-refractivity contribution in [1.82, 2.24) is 5.32 Å². The van der Waals surface area contributed by atoms with Gasteiger partial charge in [-0.25, -0.2) is 0 Å². The van der Waals surface area contributed by atoms with Crippen LogP contribution in [0.4, 0.5) is 11.4 Å². The third-order valence-corrected chi connectivity index (χ3v) is 3.16. The maximum Gasteiger partial charge on any atom is 0.270 e. The Bertz CT molecular complexity index is 514. The van der Waals surface area contributed by atoms with Crippen molar-refractivity contribution < 1.29 is 9.72 Å². The van der Waals surface area contributed by atoms with E-state index in [4.69, 9.17) is 5.73 Å². The maximum atomic E-state index is 11.3. The van der Waals surface area contributed by atoms with Gasteiger partial charge in [0.2, 0.25) is 0 Å². The van der Waals surface area contributed by atoms with Crippen LogP contribution in [0.25, 0.3) is 0 Å². The minimum absolute atomic E-state index is 0.139. The first kappa shape index (κ1) is 14.3. The summed E-state index contributed by atoms with van der Waals surface area (Å²) in [4.78, 5) is 21.5. The van der Waals surface area contributed by atoms with Crippen molar-refractivity contribution in [2.45, 2.75) is 25.3 Å². The Kier molecular flexibility index (Phi) is 4.52. The Balaban J connectivity index is 1.91. The summed E-state index contributed by atoms with van der Waals surface area (Å²) >= 11 is 0. The number of benzene rings is 1. The first-order valence-electron chi connectivity index (χ1n) is 6.63. The van der Waals surface area contributed by atoms with E-state index in [1.54, 1.807) is 0 Å². The van der Waals surface area contributed by atoms with Gasteiger partial charge in [-0.1, -0.05) is 0 Å². The van der Waals surface area contributed by atoms with E-state index in [0.29, 0.717) is 18.3 Å². The van der Waals surface area contributed by atoms with Gasteiger partial charge in [-0.05, 0) is 31.9 Å². The van der Waals surface area contributed by atoms with Gasteiger partial charge in [-0.15, -0.1) is 0 Å². The number of nitrogens with one attached hydrogen (secondary N) is 2. The third kappa shape index (κ3) is 3.92. The van der Waals surface area contributed by atoms with E-state index in [1.807, 2.05) is 0 Å². The predicted octanol–water partition coefficient (Wildman–Crippen LogP) is 1.25. The summed E-state index contributed by atoms with van der Waals surface area (Å²) in [6.45, 7) is 1.59. The highest BCUT2D eigenvalue weighted by molar-refractivity contribution is 5.99. The highest BCUT2D eigenvalue weighted by Gasteiger charge is 2.19. The average Bonchev–Trinajstić information content (AvgIpc) is 3.22. The van der Waals surface area contributed by atoms with Crippen LogP contribution in [-0.4, -0.2) is 30.0 Å². The van der Waals surface area contributed by atoms with E-state index < -0.39 is 10.8 Å². The van der Waals surface area contributed by atoms with Crippen LogP contribution in [0.2, 0.25) is 0 Å². The van der Waals surface area contributed by atoms with Gasteiger partial charge in [0.05, 0.1) is 10.5 Å². The molecule has 0 heterocycles. The quantitative estimate of drug-likeness (QED) is 0.376. The van der Waals surface area contributed by atoms with Gasteiger partial charge in [0.25, 0.3) is 11.6 Å². The van der Waals surface area contributed by atoms with Crippen LogP contribution >= 0.6 is 0 Å². The van der Waals surface area contributed by atoms with E-state index in [9.17, 15) is 14.9 Å². The Morgan fingerprint density at radius 1 is 1.40 bits per heavy atom. The number of hydrogen-bond acceptors (Lipinski definition) is 5. The van der Waals surface area contributed by atoms with Crippen LogP contribution < -0.4 is 16.4 Å². The standard InChI is InChI=1S/C13H18N4O3/c14-13(18)11-8-10(17(19)20)4-5-12(11)16-7-1-6-15-9-2-3-9/h4-5,8-9,15-16H,1-3,6-7H2,(H2,14,18). The topological polar surface area (TPSA) is 110 Å². The number of nitrogens with two attached hydrogens (primary N) is 1. The predicted molar refractivity (Wildman–Crippen MR) is 75.7 cm³/mol. The van der Waals surface area contributed by atoms with Crippen LogP contribution in [0, 0.1) is 10.1 Å². The Labute approximate surface area is 116 Å². The van der Waals surface area contributed by atoms with Gasteiger partial charge in [-0.3, -0.25) is 14.9 Å². The minimum Gasteiger partial charge on any atom is -0.384 e. The van der Waals surface area contributed by atoms with Crippen molar-refractivity contribution in [2.24, 2.45) is 5.73 Å². The molecule has 7 heteroatoms. The number of carbonyl (C=O) groups is 1.